The topological polar surface area (TPSA) is 30.7 Å². The molecular formula is C9H6Cl2FN3. The van der Waals surface area contributed by atoms with Gasteiger partial charge in [0, 0.05) is 5.02 Å². The van der Waals surface area contributed by atoms with Crippen molar-refractivity contribution in [2.75, 3.05) is 0 Å². The maximum absolute atomic E-state index is 13.5. The Hall–Kier alpha value is -1.13. The first-order chi connectivity index (χ1) is 7.22. The quantitative estimate of drug-likeness (QED) is 0.763. The molecule has 78 valence electrons. The van der Waals surface area contributed by atoms with E-state index in [1.165, 1.54) is 29.1 Å². The van der Waals surface area contributed by atoms with Gasteiger partial charge in [0.2, 0.25) is 0 Å². The first kappa shape index (κ1) is 10.4. The molecule has 3 nitrogen and oxygen atoms in total. The summed E-state index contributed by atoms with van der Waals surface area (Å²) in [6.07, 6.45) is 1.48. The molecule has 0 aliphatic heterocycles. The Kier molecular flexibility index (Phi) is 2.88. The van der Waals surface area contributed by atoms with Gasteiger partial charge in [-0.15, -0.1) is 16.7 Å². The molecule has 0 atom stereocenters. The van der Waals surface area contributed by atoms with Crippen LogP contribution in [0.2, 0.25) is 5.02 Å². The number of hydrogen-bond donors (Lipinski definition) is 0. The van der Waals surface area contributed by atoms with Crippen molar-refractivity contribution >= 4 is 23.2 Å². The molecule has 1 aromatic carbocycles. The zero-order valence-corrected chi connectivity index (χ0v) is 9.00. The van der Waals surface area contributed by atoms with Gasteiger partial charge in [-0.2, -0.15) is 0 Å². The van der Waals surface area contributed by atoms with E-state index in [4.69, 9.17) is 23.2 Å². The van der Waals surface area contributed by atoms with E-state index in [2.05, 4.69) is 10.3 Å². The monoisotopic (exact) mass is 245 g/mol. The fraction of sp³-hybridized carbons (Fsp3) is 0.111. The Balaban J connectivity index is 2.58. The molecule has 1 aromatic heterocycles. The summed E-state index contributed by atoms with van der Waals surface area (Å²) in [5.74, 6) is -0.213. The molecule has 6 heteroatoms. The highest BCUT2D eigenvalue weighted by molar-refractivity contribution is 6.30. The maximum atomic E-state index is 13.5. The van der Waals surface area contributed by atoms with Crippen LogP contribution in [0.4, 0.5) is 4.39 Å². The second kappa shape index (κ2) is 4.16. The van der Waals surface area contributed by atoms with Crippen molar-refractivity contribution in [2.24, 2.45) is 0 Å². The number of alkyl halides is 1. The van der Waals surface area contributed by atoms with Gasteiger partial charge in [-0.3, -0.25) is 0 Å². The lowest BCUT2D eigenvalue weighted by Gasteiger charge is -2.05. The summed E-state index contributed by atoms with van der Waals surface area (Å²) in [6.45, 7) is 0. The molecule has 0 unspecified atom stereocenters. The lowest BCUT2D eigenvalue weighted by atomic mass is 10.3. The standard InChI is InChI=1S/C9H6Cl2FN3/c10-4-7-5-13-14-15(7)9-3-6(11)1-2-8(9)12/h1-3,5H,4H2. The smallest absolute Gasteiger partial charge is 0.149 e. The zero-order valence-electron chi connectivity index (χ0n) is 7.49. The third kappa shape index (κ3) is 1.96. The molecular weight excluding hydrogens is 240 g/mol. The Labute approximate surface area is 95.4 Å². The first-order valence-corrected chi connectivity index (χ1v) is 5.04. The SMILES string of the molecule is Fc1ccc(Cl)cc1-n1nncc1CCl. The van der Waals surface area contributed by atoms with Crippen molar-refractivity contribution in [3.63, 3.8) is 0 Å². The van der Waals surface area contributed by atoms with E-state index < -0.39 is 5.82 Å². The van der Waals surface area contributed by atoms with Crippen molar-refractivity contribution in [3.8, 4) is 5.69 Å². The number of benzene rings is 1. The van der Waals surface area contributed by atoms with Gasteiger partial charge in [0.25, 0.3) is 0 Å². The molecule has 0 saturated heterocycles. The summed E-state index contributed by atoms with van der Waals surface area (Å²) in [6, 6.07) is 4.22. The minimum atomic E-state index is -0.420. The van der Waals surface area contributed by atoms with E-state index in [-0.39, 0.29) is 11.6 Å². The molecule has 0 fully saturated rings. The normalized spacial score (nSPS) is 10.6. The Bertz CT molecular complexity index is 484. The van der Waals surface area contributed by atoms with Gasteiger partial charge < -0.3 is 0 Å². The molecule has 0 radical (unpaired) electrons. The van der Waals surface area contributed by atoms with E-state index in [1.807, 2.05) is 0 Å². The van der Waals surface area contributed by atoms with E-state index in [0.29, 0.717) is 10.7 Å². The van der Waals surface area contributed by atoms with Crippen LogP contribution in [0.3, 0.4) is 0 Å². The van der Waals surface area contributed by atoms with Gasteiger partial charge >= 0.3 is 0 Å². The molecule has 0 bridgehead atoms. The highest BCUT2D eigenvalue weighted by Gasteiger charge is 2.10. The second-order valence-electron chi connectivity index (χ2n) is 2.87. The van der Waals surface area contributed by atoms with E-state index in [0.717, 1.165) is 0 Å². The van der Waals surface area contributed by atoms with Crippen LogP contribution < -0.4 is 0 Å². The first-order valence-electron chi connectivity index (χ1n) is 4.13. The molecule has 0 aliphatic carbocycles. The molecule has 0 N–H and O–H groups in total. The Morgan fingerprint density at radius 2 is 2.20 bits per heavy atom. The molecule has 1 heterocycles. The number of rotatable bonds is 2. The highest BCUT2D eigenvalue weighted by atomic mass is 35.5. The van der Waals surface area contributed by atoms with Crippen LogP contribution >= 0.6 is 23.2 Å². The number of nitrogens with zero attached hydrogens (tertiary/aromatic N) is 3. The van der Waals surface area contributed by atoms with Crippen molar-refractivity contribution in [3.05, 3.63) is 40.9 Å². The molecule has 2 rings (SSSR count). The van der Waals surface area contributed by atoms with Crippen molar-refractivity contribution in [2.45, 2.75) is 5.88 Å². The van der Waals surface area contributed by atoms with Crippen LogP contribution in [0, 0.1) is 5.82 Å². The zero-order chi connectivity index (χ0) is 10.8. The van der Waals surface area contributed by atoms with E-state index in [1.54, 1.807) is 0 Å². The van der Waals surface area contributed by atoms with Gasteiger partial charge in [0.1, 0.15) is 11.5 Å². The van der Waals surface area contributed by atoms with Crippen LogP contribution in [-0.4, -0.2) is 15.0 Å². The average Bonchev–Trinajstić information content (AvgIpc) is 2.69. The molecule has 2 aromatic rings. The van der Waals surface area contributed by atoms with E-state index in [9.17, 15) is 4.39 Å². The predicted octanol–water partition coefficient (Wildman–Crippen LogP) is 2.80. The summed E-state index contributed by atoms with van der Waals surface area (Å²) in [5, 5.41) is 7.83. The lowest BCUT2D eigenvalue weighted by molar-refractivity contribution is 0.604. The minimum Gasteiger partial charge on any atom is -0.213 e. The van der Waals surface area contributed by atoms with Crippen LogP contribution in [0.15, 0.2) is 24.4 Å². The molecule has 0 amide bonds. The lowest BCUT2D eigenvalue weighted by Crippen LogP contribution is -2.03. The fourth-order valence-corrected chi connectivity index (χ4v) is 1.55. The van der Waals surface area contributed by atoms with Crippen LogP contribution in [0.5, 0.6) is 0 Å². The molecule has 0 saturated carbocycles. The summed E-state index contributed by atoms with van der Waals surface area (Å²) in [4.78, 5) is 0. The van der Waals surface area contributed by atoms with Gasteiger partial charge in [0.15, 0.2) is 0 Å². The summed E-state index contributed by atoms with van der Waals surface area (Å²) in [7, 11) is 0. The number of hydrogen-bond acceptors (Lipinski definition) is 2. The predicted molar refractivity (Wildman–Crippen MR) is 55.9 cm³/mol. The van der Waals surface area contributed by atoms with Crippen molar-refractivity contribution in [1.29, 1.82) is 0 Å². The van der Waals surface area contributed by atoms with Crippen molar-refractivity contribution < 1.29 is 4.39 Å². The van der Waals surface area contributed by atoms with Gasteiger partial charge in [-0.05, 0) is 18.2 Å². The average molecular weight is 246 g/mol. The minimum absolute atomic E-state index is 0.207. The third-order valence-electron chi connectivity index (χ3n) is 1.89. The van der Waals surface area contributed by atoms with Crippen LogP contribution in [0.25, 0.3) is 5.69 Å². The van der Waals surface area contributed by atoms with Gasteiger partial charge in [-0.25, -0.2) is 9.07 Å². The number of halogens is 3. The Morgan fingerprint density at radius 3 is 2.93 bits per heavy atom. The van der Waals surface area contributed by atoms with Crippen LogP contribution in [-0.2, 0) is 5.88 Å². The van der Waals surface area contributed by atoms with E-state index >= 15 is 0 Å². The number of aromatic nitrogens is 3. The Morgan fingerprint density at radius 1 is 1.40 bits per heavy atom. The van der Waals surface area contributed by atoms with Gasteiger partial charge in [0.05, 0.1) is 17.8 Å². The molecule has 0 spiro atoms. The van der Waals surface area contributed by atoms with Crippen molar-refractivity contribution in [1.82, 2.24) is 15.0 Å². The van der Waals surface area contributed by atoms with Gasteiger partial charge in [-0.1, -0.05) is 16.8 Å². The second-order valence-corrected chi connectivity index (χ2v) is 3.57. The summed E-state index contributed by atoms with van der Waals surface area (Å²) in [5.41, 5.74) is 0.855. The third-order valence-corrected chi connectivity index (χ3v) is 2.40. The molecule has 15 heavy (non-hydrogen) atoms. The fourth-order valence-electron chi connectivity index (χ4n) is 1.20. The maximum Gasteiger partial charge on any atom is 0.149 e. The highest BCUT2D eigenvalue weighted by Crippen LogP contribution is 2.19. The summed E-state index contributed by atoms with van der Waals surface area (Å²) < 4.78 is 14.8. The summed E-state index contributed by atoms with van der Waals surface area (Å²) >= 11 is 11.4. The van der Waals surface area contributed by atoms with Crippen LogP contribution in [0.1, 0.15) is 5.69 Å². The molecule has 0 aliphatic rings. The largest absolute Gasteiger partial charge is 0.213 e.